The molecule has 0 saturated carbocycles. The zero-order valence-corrected chi connectivity index (χ0v) is 18.0. The topological polar surface area (TPSA) is 116 Å². The molecule has 4 rings (SSSR count). The first-order chi connectivity index (χ1) is 15.5. The fourth-order valence-corrected chi connectivity index (χ4v) is 5.14. The van der Waals surface area contributed by atoms with E-state index in [9.17, 15) is 31.2 Å². The first-order valence-corrected chi connectivity index (χ1v) is 11.5. The summed E-state index contributed by atoms with van der Waals surface area (Å²) in [6, 6.07) is 4.50. The maximum Gasteiger partial charge on any atom is 0.393 e. The van der Waals surface area contributed by atoms with Crippen molar-refractivity contribution in [2.45, 2.75) is 30.0 Å². The second-order valence-corrected chi connectivity index (χ2v) is 9.39. The first kappa shape index (κ1) is 23.3. The predicted molar refractivity (Wildman–Crippen MR) is 109 cm³/mol. The Balaban J connectivity index is 1.54. The standard InChI is InChI=1S/C20H20F3N3O6S/c21-20(22,23)9-12-7-16-19(28)25-15-8-13(1-2-17(15)33(29,30)26(16)10-12)18(27)24-4-3-14-11-31-5-6-32-14/h1-2,7-8,10,14H,3-6,9,11H2,(H,24,27)(H,25,28). The molecule has 2 amide bonds. The largest absolute Gasteiger partial charge is 0.393 e. The number of rotatable bonds is 5. The van der Waals surface area contributed by atoms with Crippen molar-refractivity contribution in [2.24, 2.45) is 0 Å². The van der Waals surface area contributed by atoms with Crippen LogP contribution in [0.2, 0.25) is 0 Å². The molecule has 1 aromatic carbocycles. The van der Waals surface area contributed by atoms with E-state index in [0.717, 1.165) is 18.3 Å². The van der Waals surface area contributed by atoms with Crippen LogP contribution in [-0.4, -0.2) is 62.9 Å². The molecule has 33 heavy (non-hydrogen) atoms. The Morgan fingerprint density at radius 1 is 1.24 bits per heavy atom. The predicted octanol–water partition coefficient (Wildman–Crippen LogP) is 1.93. The van der Waals surface area contributed by atoms with E-state index in [4.69, 9.17) is 9.47 Å². The molecule has 1 saturated heterocycles. The van der Waals surface area contributed by atoms with Crippen molar-refractivity contribution in [3.63, 3.8) is 0 Å². The number of fused-ring (bicyclic) bond motifs is 2. The molecule has 2 aliphatic heterocycles. The summed E-state index contributed by atoms with van der Waals surface area (Å²) in [6.07, 6.45) is -4.76. The Bertz CT molecular complexity index is 1190. The Morgan fingerprint density at radius 3 is 2.73 bits per heavy atom. The molecule has 3 heterocycles. The van der Waals surface area contributed by atoms with Crippen molar-refractivity contribution < 1.29 is 40.7 Å². The van der Waals surface area contributed by atoms with Crippen LogP contribution in [-0.2, 0) is 25.9 Å². The number of nitrogens with zero attached hydrogens (tertiary/aromatic N) is 1. The zero-order valence-electron chi connectivity index (χ0n) is 17.1. The fourth-order valence-electron chi connectivity index (χ4n) is 3.63. The molecule has 2 aliphatic rings. The van der Waals surface area contributed by atoms with Crippen molar-refractivity contribution >= 4 is 27.5 Å². The van der Waals surface area contributed by atoms with Crippen LogP contribution < -0.4 is 10.6 Å². The smallest absolute Gasteiger partial charge is 0.376 e. The summed E-state index contributed by atoms with van der Waals surface area (Å²) >= 11 is 0. The molecule has 9 nitrogen and oxygen atoms in total. The van der Waals surface area contributed by atoms with Crippen LogP contribution >= 0.6 is 0 Å². The summed E-state index contributed by atoms with van der Waals surface area (Å²) < 4.78 is 75.5. The number of ether oxygens (including phenoxy) is 2. The average molecular weight is 487 g/mol. The molecule has 2 N–H and O–H groups in total. The highest BCUT2D eigenvalue weighted by Crippen LogP contribution is 2.32. The minimum Gasteiger partial charge on any atom is -0.376 e. The van der Waals surface area contributed by atoms with Crippen LogP contribution in [0.1, 0.15) is 32.8 Å². The van der Waals surface area contributed by atoms with Gasteiger partial charge in [-0.15, -0.1) is 0 Å². The van der Waals surface area contributed by atoms with Gasteiger partial charge in [-0.2, -0.15) is 13.2 Å². The Kier molecular flexibility index (Phi) is 6.20. The van der Waals surface area contributed by atoms with Gasteiger partial charge >= 0.3 is 6.18 Å². The monoisotopic (exact) mass is 487 g/mol. The summed E-state index contributed by atoms with van der Waals surface area (Å²) in [5.41, 5.74) is -0.846. The SMILES string of the molecule is O=C(NCCC1COCCO1)c1ccc2c(c1)NC(=O)c1cc(CC(F)(F)F)cn1S2(=O)=O. The van der Waals surface area contributed by atoms with Gasteiger partial charge in [0.1, 0.15) is 10.6 Å². The molecule has 0 bridgehead atoms. The van der Waals surface area contributed by atoms with E-state index in [0.29, 0.717) is 36.8 Å². The lowest BCUT2D eigenvalue weighted by Crippen LogP contribution is -2.33. The molecule has 1 aromatic heterocycles. The van der Waals surface area contributed by atoms with E-state index < -0.39 is 40.1 Å². The summed E-state index contributed by atoms with van der Waals surface area (Å²) in [5, 5.41) is 5.07. The highest BCUT2D eigenvalue weighted by atomic mass is 32.2. The number of carbonyl (C=O) groups excluding carboxylic acids is 2. The van der Waals surface area contributed by atoms with E-state index in [2.05, 4.69) is 10.6 Å². The molecule has 1 fully saturated rings. The van der Waals surface area contributed by atoms with Gasteiger partial charge in [-0.25, -0.2) is 12.4 Å². The summed E-state index contributed by atoms with van der Waals surface area (Å²) in [7, 11) is -4.38. The fraction of sp³-hybridized carbons (Fsp3) is 0.400. The molecule has 0 spiro atoms. The zero-order chi connectivity index (χ0) is 23.8. The van der Waals surface area contributed by atoms with E-state index >= 15 is 0 Å². The van der Waals surface area contributed by atoms with Crippen molar-refractivity contribution in [1.29, 1.82) is 0 Å². The Hall–Kier alpha value is -2.90. The molecule has 13 heteroatoms. The van der Waals surface area contributed by atoms with Crippen LogP contribution in [0.25, 0.3) is 0 Å². The molecule has 1 atom stereocenters. The number of alkyl halides is 3. The molecule has 1 unspecified atom stereocenters. The van der Waals surface area contributed by atoms with Crippen molar-refractivity contribution in [2.75, 3.05) is 31.7 Å². The van der Waals surface area contributed by atoms with Gasteiger partial charge in [-0.05, 0) is 36.2 Å². The average Bonchev–Trinajstić information content (AvgIpc) is 3.14. The van der Waals surface area contributed by atoms with Gasteiger partial charge in [0.05, 0.1) is 38.0 Å². The number of nitrogens with one attached hydrogen (secondary N) is 2. The second-order valence-electron chi connectivity index (χ2n) is 7.60. The summed E-state index contributed by atoms with van der Waals surface area (Å²) in [5.74, 6) is -1.39. The number of amides is 2. The van der Waals surface area contributed by atoms with Gasteiger partial charge in [-0.3, -0.25) is 9.59 Å². The van der Waals surface area contributed by atoms with Crippen LogP contribution in [0.5, 0.6) is 0 Å². The van der Waals surface area contributed by atoms with Gasteiger partial charge in [0.2, 0.25) is 0 Å². The first-order valence-electron chi connectivity index (χ1n) is 10.0. The van der Waals surface area contributed by atoms with Crippen molar-refractivity contribution in [1.82, 2.24) is 9.29 Å². The maximum absolute atomic E-state index is 13.0. The van der Waals surface area contributed by atoms with Crippen molar-refractivity contribution in [3.05, 3.63) is 47.3 Å². The molecular formula is C20H20F3N3O6S. The van der Waals surface area contributed by atoms with Gasteiger partial charge < -0.3 is 20.1 Å². The minimum absolute atomic E-state index is 0.106. The minimum atomic E-state index is -4.57. The van der Waals surface area contributed by atoms with Gasteiger partial charge in [0.15, 0.2) is 0 Å². The summed E-state index contributed by atoms with van der Waals surface area (Å²) in [4.78, 5) is 24.7. The van der Waals surface area contributed by atoms with Gasteiger partial charge in [0, 0.05) is 18.3 Å². The highest BCUT2D eigenvalue weighted by Gasteiger charge is 2.34. The second kappa shape index (κ2) is 8.80. The lowest BCUT2D eigenvalue weighted by atomic mass is 10.1. The number of hydrogen-bond acceptors (Lipinski definition) is 6. The van der Waals surface area contributed by atoms with E-state index in [1.807, 2.05) is 0 Å². The molecule has 0 aliphatic carbocycles. The lowest BCUT2D eigenvalue weighted by molar-refractivity contribution is -0.127. The summed E-state index contributed by atoms with van der Waals surface area (Å²) in [6.45, 7) is 1.74. The number of hydrogen-bond donors (Lipinski definition) is 2. The maximum atomic E-state index is 13.0. The molecular weight excluding hydrogens is 467 g/mol. The van der Waals surface area contributed by atoms with Crippen LogP contribution in [0.4, 0.5) is 18.9 Å². The molecule has 0 radical (unpaired) electrons. The highest BCUT2D eigenvalue weighted by molar-refractivity contribution is 7.90. The van der Waals surface area contributed by atoms with Gasteiger partial charge in [0.25, 0.3) is 21.8 Å². The number of carbonyl (C=O) groups is 2. The quantitative estimate of drug-likeness (QED) is 0.666. The number of halogens is 3. The Labute approximate surface area is 186 Å². The number of anilines is 1. The third-order valence-electron chi connectivity index (χ3n) is 5.14. The van der Waals surface area contributed by atoms with Gasteiger partial charge in [-0.1, -0.05) is 0 Å². The van der Waals surface area contributed by atoms with E-state index in [1.165, 1.54) is 12.1 Å². The third kappa shape index (κ3) is 5.04. The van der Waals surface area contributed by atoms with Crippen LogP contribution in [0, 0.1) is 0 Å². The number of aromatic nitrogens is 1. The normalized spacial score (nSPS) is 19.7. The van der Waals surface area contributed by atoms with E-state index in [-0.39, 0.29) is 27.8 Å². The molecule has 2 aromatic rings. The Morgan fingerprint density at radius 2 is 2.03 bits per heavy atom. The number of benzene rings is 1. The van der Waals surface area contributed by atoms with Crippen LogP contribution in [0.3, 0.4) is 0 Å². The van der Waals surface area contributed by atoms with Crippen LogP contribution in [0.15, 0.2) is 35.4 Å². The lowest BCUT2D eigenvalue weighted by Gasteiger charge is -2.22. The van der Waals surface area contributed by atoms with E-state index in [1.54, 1.807) is 0 Å². The van der Waals surface area contributed by atoms with Crippen molar-refractivity contribution in [3.8, 4) is 0 Å². The molecule has 178 valence electrons. The third-order valence-corrected chi connectivity index (χ3v) is 6.88.